The van der Waals surface area contributed by atoms with Crippen molar-refractivity contribution >= 4 is 29.1 Å². The largest absolute Gasteiger partial charge is 0.478 e. The number of hydrogen-bond donors (Lipinski definition) is 2. The van der Waals surface area contributed by atoms with Crippen molar-refractivity contribution in [2.45, 2.75) is 26.0 Å². The SMILES string of the molecule is CNC(=O)Cn1nnn(-c2ccc(NC(=O)C(C)(C)Oc3ccc(Cl)cc3)cc2)c1=O. The molecule has 0 aliphatic carbocycles. The summed E-state index contributed by atoms with van der Waals surface area (Å²) in [5.74, 6) is -0.210. The monoisotopic (exact) mass is 444 g/mol. The second kappa shape index (κ2) is 9.00. The van der Waals surface area contributed by atoms with Gasteiger partial charge in [0.05, 0.1) is 5.69 Å². The van der Waals surface area contributed by atoms with E-state index in [0.717, 1.165) is 9.36 Å². The van der Waals surface area contributed by atoms with Gasteiger partial charge in [-0.15, -0.1) is 0 Å². The molecule has 1 aromatic heterocycles. The lowest BCUT2D eigenvalue weighted by molar-refractivity contribution is -0.128. The van der Waals surface area contributed by atoms with Gasteiger partial charge in [-0.05, 0) is 72.8 Å². The molecule has 31 heavy (non-hydrogen) atoms. The smallest absolute Gasteiger partial charge is 0.368 e. The van der Waals surface area contributed by atoms with Crippen LogP contribution < -0.4 is 21.1 Å². The average molecular weight is 445 g/mol. The van der Waals surface area contributed by atoms with E-state index in [1.807, 2.05) is 0 Å². The van der Waals surface area contributed by atoms with Crippen LogP contribution in [0.5, 0.6) is 5.75 Å². The van der Waals surface area contributed by atoms with E-state index >= 15 is 0 Å². The number of amides is 2. The molecule has 0 unspecified atom stereocenters. The van der Waals surface area contributed by atoms with Gasteiger partial charge in [-0.2, -0.15) is 9.36 Å². The van der Waals surface area contributed by atoms with Gasteiger partial charge >= 0.3 is 5.69 Å². The molecule has 162 valence electrons. The summed E-state index contributed by atoms with van der Waals surface area (Å²) in [5.41, 5.74) is -0.764. The number of halogens is 1. The second-order valence-electron chi connectivity index (χ2n) is 7.07. The first kappa shape index (κ1) is 22.0. The number of nitrogens with one attached hydrogen (secondary N) is 2. The van der Waals surface area contributed by atoms with E-state index in [-0.39, 0.29) is 18.4 Å². The fraction of sp³-hybridized carbons (Fsp3) is 0.250. The first-order chi connectivity index (χ1) is 14.7. The number of likely N-dealkylation sites (N-methyl/N-ethyl adjacent to an activating group) is 1. The van der Waals surface area contributed by atoms with E-state index in [2.05, 4.69) is 21.1 Å². The molecule has 2 N–H and O–H groups in total. The number of carbonyl (C=O) groups excluding carboxylic acids is 2. The molecule has 0 saturated carbocycles. The summed E-state index contributed by atoms with van der Waals surface area (Å²) in [6.07, 6.45) is 0. The minimum atomic E-state index is -1.15. The predicted molar refractivity (Wildman–Crippen MR) is 114 cm³/mol. The molecule has 2 aromatic carbocycles. The predicted octanol–water partition coefficient (Wildman–Crippen LogP) is 1.62. The van der Waals surface area contributed by atoms with Crippen LogP contribution in [-0.2, 0) is 16.1 Å². The molecule has 0 aliphatic heterocycles. The van der Waals surface area contributed by atoms with Crippen LogP contribution in [0, 0.1) is 0 Å². The van der Waals surface area contributed by atoms with E-state index in [1.165, 1.54) is 7.05 Å². The van der Waals surface area contributed by atoms with Crippen molar-refractivity contribution < 1.29 is 14.3 Å². The zero-order valence-electron chi connectivity index (χ0n) is 17.1. The molecule has 0 spiro atoms. The van der Waals surface area contributed by atoms with Crippen molar-refractivity contribution in [1.29, 1.82) is 0 Å². The number of benzene rings is 2. The fourth-order valence-electron chi connectivity index (χ4n) is 2.56. The Labute approximate surface area is 182 Å². The highest BCUT2D eigenvalue weighted by Crippen LogP contribution is 2.22. The molecule has 0 saturated heterocycles. The van der Waals surface area contributed by atoms with Crippen molar-refractivity contribution in [2.75, 3.05) is 12.4 Å². The highest BCUT2D eigenvalue weighted by atomic mass is 35.5. The summed E-state index contributed by atoms with van der Waals surface area (Å²) in [7, 11) is 1.46. The Morgan fingerprint density at radius 3 is 2.32 bits per heavy atom. The number of nitrogens with zero attached hydrogens (tertiary/aromatic N) is 4. The molecule has 2 amide bonds. The lowest BCUT2D eigenvalue weighted by Gasteiger charge is -2.25. The van der Waals surface area contributed by atoms with Gasteiger partial charge < -0.3 is 15.4 Å². The fourth-order valence-corrected chi connectivity index (χ4v) is 2.69. The highest BCUT2D eigenvalue weighted by molar-refractivity contribution is 6.30. The first-order valence-corrected chi connectivity index (χ1v) is 9.67. The Morgan fingerprint density at radius 2 is 1.71 bits per heavy atom. The van der Waals surface area contributed by atoms with Gasteiger partial charge in [0, 0.05) is 17.8 Å². The summed E-state index contributed by atoms with van der Waals surface area (Å²) in [6.45, 7) is 3.07. The van der Waals surface area contributed by atoms with Gasteiger partial charge in [-0.25, -0.2) is 4.79 Å². The van der Waals surface area contributed by atoms with Crippen molar-refractivity contribution in [1.82, 2.24) is 25.1 Å². The quantitative estimate of drug-likeness (QED) is 0.571. The zero-order valence-corrected chi connectivity index (χ0v) is 17.9. The van der Waals surface area contributed by atoms with Gasteiger partial charge in [0.15, 0.2) is 5.60 Å². The highest BCUT2D eigenvalue weighted by Gasteiger charge is 2.30. The summed E-state index contributed by atoms with van der Waals surface area (Å²) in [4.78, 5) is 36.4. The summed E-state index contributed by atoms with van der Waals surface area (Å²) < 4.78 is 7.78. The van der Waals surface area contributed by atoms with E-state index in [4.69, 9.17) is 16.3 Å². The number of anilines is 1. The summed E-state index contributed by atoms with van der Waals surface area (Å²) in [6, 6.07) is 13.2. The molecule has 0 fully saturated rings. The van der Waals surface area contributed by atoms with Gasteiger partial charge in [0.25, 0.3) is 5.91 Å². The summed E-state index contributed by atoms with van der Waals surface area (Å²) >= 11 is 5.87. The molecule has 0 radical (unpaired) electrons. The van der Waals surface area contributed by atoms with Crippen LogP contribution in [0.15, 0.2) is 53.3 Å². The molecule has 0 aliphatic rings. The number of tetrazole rings is 1. The number of aromatic nitrogens is 4. The summed E-state index contributed by atoms with van der Waals surface area (Å²) in [5, 5.41) is 13.2. The van der Waals surface area contributed by atoms with Crippen molar-refractivity contribution in [3.05, 3.63) is 64.0 Å². The molecular formula is C20H21ClN6O4. The van der Waals surface area contributed by atoms with E-state index in [9.17, 15) is 14.4 Å². The van der Waals surface area contributed by atoms with Gasteiger partial charge in [-0.3, -0.25) is 9.59 Å². The van der Waals surface area contributed by atoms with Gasteiger partial charge in [0.1, 0.15) is 12.3 Å². The topological polar surface area (TPSA) is 120 Å². The molecule has 0 atom stereocenters. The molecule has 3 rings (SSSR count). The first-order valence-electron chi connectivity index (χ1n) is 9.29. The zero-order chi connectivity index (χ0) is 22.6. The molecule has 11 heteroatoms. The minimum absolute atomic E-state index is 0.230. The van der Waals surface area contributed by atoms with E-state index < -0.39 is 11.3 Å². The third-order valence-corrected chi connectivity index (χ3v) is 4.57. The average Bonchev–Trinajstić information content (AvgIpc) is 3.10. The van der Waals surface area contributed by atoms with Crippen LogP contribution in [0.4, 0.5) is 5.69 Å². The number of ether oxygens (including phenoxy) is 1. The van der Waals surface area contributed by atoms with E-state index in [1.54, 1.807) is 62.4 Å². The third-order valence-electron chi connectivity index (χ3n) is 4.31. The maximum absolute atomic E-state index is 12.7. The van der Waals surface area contributed by atoms with Gasteiger partial charge in [-0.1, -0.05) is 11.6 Å². The third kappa shape index (κ3) is 5.28. The standard InChI is InChI=1S/C20H21ClN6O4/c1-20(2,31-16-10-4-13(21)5-11-16)18(29)23-14-6-8-15(9-7-14)27-19(30)26(24-25-27)12-17(28)22-3/h4-11H,12H2,1-3H3,(H,22,28)(H,23,29). The van der Waals surface area contributed by atoms with Crippen molar-refractivity contribution in [3.63, 3.8) is 0 Å². The number of carbonyl (C=O) groups is 2. The lowest BCUT2D eigenvalue weighted by atomic mass is 10.1. The second-order valence-corrected chi connectivity index (χ2v) is 7.51. The number of rotatable bonds is 7. The molecule has 1 heterocycles. The van der Waals surface area contributed by atoms with Crippen LogP contribution in [-0.4, -0.2) is 44.3 Å². The van der Waals surface area contributed by atoms with Crippen LogP contribution in [0.2, 0.25) is 5.02 Å². The lowest BCUT2D eigenvalue weighted by Crippen LogP contribution is -2.42. The van der Waals surface area contributed by atoms with Crippen LogP contribution in [0.3, 0.4) is 0 Å². The van der Waals surface area contributed by atoms with Gasteiger partial charge in [0.2, 0.25) is 5.91 Å². The Kier molecular flexibility index (Phi) is 6.40. The maximum Gasteiger partial charge on any atom is 0.368 e. The Bertz CT molecular complexity index is 1140. The molecule has 10 nitrogen and oxygen atoms in total. The van der Waals surface area contributed by atoms with Crippen molar-refractivity contribution in [3.8, 4) is 11.4 Å². The normalized spacial score (nSPS) is 11.1. The number of hydrogen-bond acceptors (Lipinski definition) is 6. The van der Waals surface area contributed by atoms with E-state index in [0.29, 0.717) is 22.1 Å². The molecular weight excluding hydrogens is 424 g/mol. The van der Waals surface area contributed by atoms with Crippen molar-refractivity contribution in [2.24, 2.45) is 0 Å². The molecule has 0 bridgehead atoms. The Hall–Kier alpha value is -3.66. The van der Waals surface area contributed by atoms with Crippen LogP contribution >= 0.6 is 11.6 Å². The molecule has 3 aromatic rings. The Morgan fingerprint density at radius 1 is 1.06 bits per heavy atom. The van der Waals surface area contributed by atoms with Crippen LogP contribution in [0.1, 0.15) is 13.8 Å². The minimum Gasteiger partial charge on any atom is -0.478 e. The maximum atomic E-state index is 12.7. The van der Waals surface area contributed by atoms with Crippen LogP contribution in [0.25, 0.3) is 5.69 Å². The Balaban J connectivity index is 1.69.